The number of thiophene rings is 1. The van der Waals surface area contributed by atoms with Crippen LogP contribution < -0.4 is 5.32 Å². The Morgan fingerprint density at radius 1 is 1.06 bits per heavy atom. The van der Waals surface area contributed by atoms with Crippen molar-refractivity contribution in [3.8, 4) is 16.4 Å². The molecule has 31 heavy (non-hydrogen) atoms. The number of carbonyl (C=O) groups excluding carboxylic acids is 2. The molecule has 0 spiro atoms. The van der Waals surface area contributed by atoms with Crippen molar-refractivity contribution in [2.24, 2.45) is 0 Å². The molecule has 0 radical (unpaired) electrons. The minimum absolute atomic E-state index is 0.0444. The zero-order valence-corrected chi connectivity index (χ0v) is 17.6. The van der Waals surface area contributed by atoms with Gasteiger partial charge in [0.15, 0.2) is 5.82 Å². The van der Waals surface area contributed by atoms with Crippen molar-refractivity contribution in [3.63, 3.8) is 0 Å². The van der Waals surface area contributed by atoms with Gasteiger partial charge in [-0.25, -0.2) is 14.1 Å². The van der Waals surface area contributed by atoms with E-state index < -0.39 is 5.91 Å². The number of aromatic nitrogens is 3. The molecule has 9 heteroatoms. The SMILES string of the molecule is CN(C)C(=O)c1cccc(NC(=O)c2nc(-c3cccs3)n(-c3ccc(F)cc3)n2)c1. The largest absolute Gasteiger partial charge is 0.345 e. The summed E-state index contributed by atoms with van der Waals surface area (Å²) in [5.74, 6) is -0.630. The van der Waals surface area contributed by atoms with Gasteiger partial charge in [0, 0.05) is 25.3 Å². The molecular weight excluding hydrogens is 417 g/mol. The van der Waals surface area contributed by atoms with E-state index in [0.29, 0.717) is 22.8 Å². The molecule has 2 aromatic carbocycles. The summed E-state index contributed by atoms with van der Waals surface area (Å²) in [5.41, 5.74) is 1.48. The van der Waals surface area contributed by atoms with Crippen LogP contribution in [0, 0.1) is 5.82 Å². The summed E-state index contributed by atoms with van der Waals surface area (Å²) in [6.07, 6.45) is 0. The van der Waals surface area contributed by atoms with E-state index in [1.807, 2.05) is 17.5 Å². The van der Waals surface area contributed by atoms with E-state index in [4.69, 9.17) is 0 Å². The Labute approximate surface area is 181 Å². The number of hydrogen-bond donors (Lipinski definition) is 1. The molecule has 0 atom stereocenters. The molecule has 1 N–H and O–H groups in total. The predicted octanol–water partition coefficient (Wildman–Crippen LogP) is 4.09. The summed E-state index contributed by atoms with van der Waals surface area (Å²) < 4.78 is 14.9. The van der Waals surface area contributed by atoms with Crippen LogP contribution in [0.1, 0.15) is 21.0 Å². The third kappa shape index (κ3) is 4.36. The van der Waals surface area contributed by atoms with Crippen LogP contribution >= 0.6 is 11.3 Å². The lowest BCUT2D eigenvalue weighted by Crippen LogP contribution is -2.22. The smallest absolute Gasteiger partial charge is 0.295 e. The fourth-order valence-corrected chi connectivity index (χ4v) is 3.61. The van der Waals surface area contributed by atoms with Crippen LogP contribution in [0.5, 0.6) is 0 Å². The molecule has 0 saturated carbocycles. The van der Waals surface area contributed by atoms with Gasteiger partial charge in [-0.3, -0.25) is 9.59 Å². The first-order valence-electron chi connectivity index (χ1n) is 9.32. The van der Waals surface area contributed by atoms with Crippen LogP contribution in [0.3, 0.4) is 0 Å². The number of anilines is 1. The van der Waals surface area contributed by atoms with Crippen molar-refractivity contribution in [1.29, 1.82) is 0 Å². The Morgan fingerprint density at radius 2 is 1.84 bits per heavy atom. The first-order valence-corrected chi connectivity index (χ1v) is 10.2. The highest BCUT2D eigenvalue weighted by Crippen LogP contribution is 2.26. The molecule has 0 unspecified atom stereocenters. The second-order valence-corrected chi connectivity index (χ2v) is 7.81. The number of nitrogens with one attached hydrogen (secondary N) is 1. The van der Waals surface area contributed by atoms with Gasteiger partial charge in [0.1, 0.15) is 5.82 Å². The second-order valence-electron chi connectivity index (χ2n) is 6.86. The van der Waals surface area contributed by atoms with Crippen LogP contribution in [-0.4, -0.2) is 45.6 Å². The normalized spacial score (nSPS) is 10.7. The molecule has 156 valence electrons. The van der Waals surface area contributed by atoms with Crippen molar-refractivity contribution < 1.29 is 14.0 Å². The summed E-state index contributed by atoms with van der Waals surface area (Å²) in [6, 6.07) is 16.2. The average Bonchev–Trinajstić information content (AvgIpc) is 3.44. The zero-order chi connectivity index (χ0) is 22.0. The maximum Gasteiger partial charge on any atom is 0.295 e. The first kappa shape index (κ1) is 20.4. The minimum atomic E-state index is -0.520. The lowest BCUT2D eigenvalue weighted by molar-refractivity contribution is 0.0827. The molecule has 7 nitrogen and oxygen atoms in total. The van der Waals surface area contributed by atoms with Crippen molar-refractivity contribution in [1.82, 2.24) is 19.7 Å². The van der Waals surface area contributed by atoms with Gasteiger partial charge in [0.2, 0.25) is 5.82 Å². The topological polar surface area (TPSA) is 80.1 Å². The van der Waals surface area contributed by atoms with Gasteiger partial charge in [-0.15, -0.1) is 16.4 Å². The number of nitrogens with zero attached hydrogens (tertiary/aromatic N) is 4. The Kier molecular flexibility index (Phi) is 5.59. The Balaban J connectivity index is 1.66. The first-order chi connectivity index (χ1) is 14.9. The second kappa shape index (κ2) is 8.49. The molecule has 4 rings (SSSR count). The van der Waals surface area contributed by atoms with Gasteiger partial charge in [0.25, 0.3) is 11.8 Å². The third-order valence-corrected chi connectivity index (χ3v) is 5.26. The maximum atomic E-state index is 13.4. The standard InChI is InChI=1S/C22H18FN5O2S/c1-27(2)22(30)14-5-3-6-16(13-14)24-21(29)19-25-20(18-7-4-12-31-18)28(26-19)17-10-8-15(23)9-11-17/h3-13H,1-2H3,(H,24,29). The molecular formula is C22H18FN5O2S. The third-order valence-electron chi connectivity index (χ3n) is 4.40. The van der Waals surface area contributed by atoms with Crippen LogP contribution in [-0.2, 0) is 0 Å². The molecule has 4 aromatic rings. The zero-order valence-electron chi connectivity index (χ0n) is 16.7. The van der Waals surface area contributed by atoms with Crippen molar-refractivity contribution in [2.45, 2.75) is 0 Å². The van der Waals surface area contributed by atoms with E-state index in [0.717, 1.165) is 4.88 Å². The fraction of sp³-hybridized carbons (Fsp3) is 0.0909. The highest BCUT2D eigenvalue weighted by molar-refractivity contribution is 7.13. The Morgan fingerprint density at radius 3 is 2.52 bits per heavy atom. The van der Waals surface area contributed by atoms with Crippen LogP contribution in [0.15, 0.2) is 66.0 Å². The number of halogens is 1. The van der Waals surface area contributed by atoms with Gasteiger partial charge in [-0.2, -0.15) is 0 Å². The molecule has 0 fully saturated rings. The number of benzene rings is 2. The minimum Gasteiger partial charge on any atom is -0.345 e. The highest BCUT2D eigenvalue weighted by Gasteiger charge is 2.20. The van der Waals surface area contributed by atoms with E-state index in [2.05, 4.69) is 15.4 Å². The molecule has 2 aromatic heterocycles. The summed E-state index contributed by atoms with van der Waals surface area (Å²) in [5, 5.41) is 8.98. The lowest BCUT2D eigenvalue weighted by Gasteiger charge is -2.11. The van der Waals surface area contributed by atoms with E-state index >= 15 is 0 Å². The van der Waals surface area contributed by atoms with Crippen molar-refractivity contribution >= 4 is 28.8 Å². The van der Waals surface area contributed by atoms with Crippen LogP contribution in [0.2, 0.25) is 0 Å². The molecule has 0 saturated heterocycles. The van der Waals surface area contributed by atoms with Gasteiger partial charge in [0.05, 0.1) is 10.6 Å². The number of carbonyl (C=O) groups is 2. The summed E-state index contributed by atoms with van der Waals surface area (Å²) in [7, 11) is 3.32. The van der Waals surface area contributed by atoms with Crippen molar-refractivity contribution in [2.75, 3.05) is 19.4 Å². The predicted molar refractivity (Wildman–Crippen MR) is 117 cm³/mol. The van der Waals surface area contributed by atoms with E-state index in [1.54, 1.807) is 50.5 Å². The Bertz CT molecular complexity index is 1230. The number of rotatable bonds is 5. The number of amides is 2. The fourth-order valence-electron chi connectivity index (χ4n) is 2.91. The number of hydrogen-bond acceptors (Lipinski definition) is 5. The summed E-state index contributed by atoms with van der Waals surface area (Å²) in [6.45, 7) is 0. The van der Waals surface area contributed by atoms with Gasteiger partial charge in [-0.1, -0.05) is 12.1 Å². The molecule has 0 bridgehead atoms. The maximum absolute atomic E-state index is 13.4. The van der Waals surface area contributed by atoms with Gasteiger partial charge >= 0.3 is 0 Å². The molecule has 0 aliphatic carbocycles. The van der Waals surface area contributed by atoms with E-state index in [1.165, 1.54) is 33.1 Å². The Hall–Kier alpha value is -3.85. The van der Waals surface area contributed by atoms with E-state index in [9.17, 15) is 14.0 Å². The molecule has 2 amide bonds. The van der Waals surface area contributed by atoms with Gasteiger partial charge in [-0.05, 0) is 53.9 Å². The average molecular weight is 435 g/mol. The summed E-state index contributed by atoms with van der Waals surface area (Å²) >= 11 is 1.45. The van der Waals surface area contributed by atoms with Gasteiger partial charge < -0.3 is 10.2 Å². The van der Waals surface area contributed by atoms with Crippen molar-refractivity contribution in [3.05, 3.63) is 83.2 Å². The van der Waals surface area contributed by atoms with Crippen LogP contribution in [0.25, 0.3) is 16.4 Å². The molecule has 2 heterocycles. The molecule has 0 aliphatic rings. The summed E-state index contributed by atoms with van der Waals surface area (Å²) in [4.78, 5) is 31.7. The van der Waals surface area contributed by atoms with Crippen LogP contribution in [0.4, 0.5) is 10.1 Å². The highest BCUT2D eigenvalue weighted by atomic mass is 32.1. The lowest BCUT2D eigenvalue weighted by atomic mass is 10.2. The monoisotopic (exact) mass is 435 g/mol. The quantitative estimate of drug-likeness (QED) is 0.512. The molecule has 0 aliphatic heterocycles. The van der Waals surface area contributed by atoms with E-state index in [-0.39, 0.29) is 17.5 Å².